The molecule has 8 heteroatoms. The Labute approximate surface area is 176 Å². The SMILES string of the molecule is COc1ccc(Cn2c(-c3ccccc3)nc3sc(SC)nc3c2=O)c(OC)c1. The number of hydrogen-bond acceptors (Lipinski definition) is 7. The van der Waals surface area contributed by atoms with Crippen molar-refractivity contribution < 1.29 is 9.47 Å². The van der Waals surface area contributed by atoms with E-state index < -0.39 is 0 Å². The average Bonchev–Trinajstić information content (AvgIpc) is 3.20. The molecule has 0 aliphatic rings. The first kappa shape index (κ1) is 19.5. The van der Waals surface area contributed by atoms with E-state index in [-0.39, 0.29) is 5.56 Å². The summed E-state index contributed by atoms with van der Waals surface area (Å²) in [4.78, 5) is 23.3. The van der Waals surface area contributed by atoms with E-state index in [9.17, 15) is 4.79 Å². The van der Waals surface area contributed by atoms with Crippen LogP contribution in [0, 0.1) is 0 Å². The van der Waals surface area contributed by atoms with Crippen LogP contribution in [0.25, 0.3) is 21.7 Å². The zero-order valence-corrected chi connectivity index (χ0v) is 17.8. The molecular formula is C21H19N3O3S2. The van der Waals surface area contributed by atoms with Crippen LogP contribution in [-0.4, -0.2) is 35.0 Å². The Hall–Kier alpha value is -2.84. The molecule has 0 spiro atoms. The van der Waals surface area contributed by atoms with Gasteiger partial charge in [0, 0.05) is 17.2 Å². The van der Waals surface area contributed by atoms with Crippen LogP contribution in [-0.2, 0) is 6.54 Å². The topological polar surface area (TPSA) is 66.2 Å². The van der Waals surface area contributed by atoms with Gasteiger partial charge in [-0.05, 0) is 18.4 Å². The molecule has 0 saturated heterocycles. The second kappa shape index (κ2) is 8.26. The van der Waals surface area contributed by atoms with E-state index in [1.54, 1.807) is 18.8 Å². The van der Waals surface area contributed by atoms with Gasteiger partial charge in [-0.2, -0.15) is 0 Å². The molecule has 0 radical (unpaired) electrons. The van der Waals surface area contributed by atoms with Gasteiger partial charge in [0.2, 0.25) is 0 Å². The standard InChI is InChI=1S/C21H19N3O3S2/c1-26-15-10-9-14(16(11-15)27-2)12-24-18(13-7-5-4-6-8-13)23-19-17(20(24)25)22-21(28-3)29-19/h4-11H,12H2,1-3H3. The molecule has 6 nitrogen and oxygen atoms in total. The van der Waals surface area contributed by atoms with E-state index in [0.29, 0.717) is 34.2 Å². The highest BCUT2D eigenvalue weighted by molar-refractivity contribution is 8.00. The van der Waals surface area contributed by atoms with Crippen LogP contribution >= 0.6 is 23.1 Å². The Kier molecular flexibility index (Phi) is 5.55. The summed E-state index contributed by atoms with van der Waals surface area (Å²) in [6, 6.07) is 15.3. The molecule has 4 aromatic rings. The Morgan fingerprint density at radius 1 is 1.07 bits per heavy atom. The van der Waals surface area contributed by atoms with Crippen LogP contribution < -0.4 is 15.0 Å². The summed E-state index contributed by atoms with van der Waals surface area (Å²) in [6.45, 7) is 0.311. The van der Waals surface area contributed by atoms with Crippen molar-refractivity contribution in [3.8, 4) is 22.9 Å². The minimum absolute atomic E-state index is 0.164. The van der Waals surface area contributed by atoms with Crippen molar-refractivity contribution in [3.05, 3.63) is 64.4 Å². The van der Waals surface area contributed by atoms with Gasteiger partial charge in [-0.25, -0.2) is 9.97 Å². The molecule has 29 heavy (non-hydrogen) atoms. The fraction of sp³-hybridized carbons (Fsp3) is 0.190. The lowest BCUT2D eigenvalue weighted by molar-refractivity contribution is 0.390. The van der Waals surface area contributed by atoms with Gasteiger partial charge in [0.1, 0.15) is 17.3 Å². The molecule has 0 amide bonds. The van der Waals surface area contributed by atoms with Crippen molar-refractivity contribution in [3.63, 3.8) is 0 Å². The molecular weight excluding hydrogens is 406 g/mol. The van der Waals surface area contributed by atoms with Gasteiger partial charge >= 0.3 is 0 Å². The number of ether oxygens (including phenoxy) is 2. The molecule has 4 rings (SSSR count). The van der Waals surface area contributed by atoms with Crippen LogP contribution in [0.3, 0.4) is 0 Å². The number of hydrogen-bond donors (Lipinski definition) is 0. The fourth-order valence-corrected chi connectivity index (χ4v) is 4.50. The number of aromatic nitrogens is 3. The summed E-state index contributed by atoms with van der Waals surface area (Å²) >= 11 is 2.94. The Bertz CT molecular complexity index is 1220. The van der Waals surface area contributed by atoms with Gasteiger partial charge in [0.05, 0.1) is 20.8 Å². The zero-order chi connectivity index (χ0) is 20.4. The first-order valence-electron chi connectivity index (χ1n) is 8.86. The van der Waals surface area contributed by atoms with Crippen molar-refractivity contribution in [1.82, 2.24) is 14.5 Å². The molecule has 2 aromatic carbocycles. The van der Waals surface area contributed by atoms with Gasteiger partial charge in [-0.3, -0.25) is 9.36 Å². The van der Waals surface area contributed by atoms with Gasteiger partial charge in [0.25, 0.3) is 5.56 Å². The lowest BCUT2D eigenvalue weighted by atomic mass is 10.1. The van der Waals surface area contributed by atoms with E-state index in [1.165, 1.54) is 23.1 Å². The smallest absolute Gasteiger partial charge is 0.281 e. The Morgan fingerprint density at radius 2 is 1.86 bits per heavy atom. The van der Waals surface area contributed by atoms with E-state index in [0.717, 1.165) is 15.5 Å². The molecule has 0 N–H and O–H groups in total. The first-order valence-corrected chi connectivity index (χ1v) is 10.9. The second-order valence-corrected chi connectivity index (χ2v) is 8.24. The van der Waals surface area contributed by atoms with Crippen LogP contribution in [0.1, 0.15) is 5.56 Å². The van der Waals surface area contributed by atoms with Gasteiger partial charge in [-0.15, -0.1) is 0 Å². The Balaban J connectivity index is 1.93. The van der Waals surface area contributed by atoms with E-state index in [4.69, 9.17) is 14.5 Å². The maximum absolute atomic E-state index is 13.4. The monoisotopic (exact) mass is 425 g/mol. The highest BCUT2D eigenvalue weighted by Crippen LogP contribution is 2.29. The molecule has 0 unspecified atom stereocenters. The highest BCUT2D eigenvalue weighted by atomic mass is 32.2. The average molecular weight is 426 g/mol. The summed E-state index contributed by atoms with van der Waals surface area (Å²) in [6.07, 6.45) is 1.94. The van der Waals surface area contributed by atoms with E-state index in [2.05, 4.69) is 4.98 Å². The number of thioether (sulfide) groups is 1. The first-order chi connectivity index (χ1) is 14.1. The maximum Gasteiger partial charge on any atom is 0.281 e. The number of rotatable bonds is 6. The molecule has 2 heterocycles. The van der Waals surface area contributed by atoms with Crippen molar-refractivity contribution in [2.45, 2.75) is 10.9 Å². The van der Waals surface area contributed by atoms with Crippen LogP contribution in [0.5, 0.6) is 11.5 Å². The third-order valence-electron chi connectivity index (χ3n) is 4.53. The van der Waals surface area contributed by atoms with Crippen molar-refractivity contribution in [2.24, 2.45) is 0 Å². The number of thiazole rings is 1. The lowest BCUT2D eigenvalue weighted by Gasteiger charge is -2.15. The largest absolute Gasteiger partial charge is 0.497 e. The van der Waals surface area contributed by atoms with Crippen molar-refractivity contribution in [2.75, 3.05) is 20.5 Å². The van der Waals surface area contributed by atoms with Gasteiger partial charge in [-0.1, -0.05) is 53.4 Å². The lowest BCUT2D eigenvalue weighted by Crippen LogP contribution is -2.24. The number of nitrogens with zero attached hydrogens (tertiary/aromatic N) is 3. The minimum Gasteiger partial charge on any atom is -0.497 e. The third-order valence-corrected chi connectivity index (χ3v) is 6.46. The van der Waals surface area contributed by atoms with Gasteiger partial charge in [0.15, 0.2) is 14.7 Å². The van der Waals surface area contributed by atoms with Crippen molar-refractivity contribution in [1.29, 1.82) is 0 Å². The van der Waals surface area contributed by atoms with Crippen LogP contribution in [0.4, 0.5) is 0 Å². The molecule has 0 saturated carbocycles. The summed E-state index contributed by atoms with van der Waals surface area (Å²) in [5.74, 6) is 1.95. The molecule has 148 valence electrons. The third kappa shape index (κ3) is 3.73. The predicted octanol–water partition coefficient (Wildman–Crippen LogP) is 4.31. The predicted molar refractivity (Wildman–Crippen MR) is 118 cm³/mol. The van der Waals surface area contributed by atoms with E-state index >= 15 is 0 Å². The van der Waals surface area contributed by atoms with E-state index in [1.807, 2.05) is 54.8 Å². The summed E-state index contributed by atoms with van der Waals surface area (Å²) < 4.78 is 13.3. The zero-order valence-electron chi connectivity index (χ0n) is 16.2. The molecule has 0 aliphatic heterocycles. The number of benzene rings is 2. The summed E-state index contributed by atoms with van der Waals surface area (Å²) in [5.41, 5.74) is 1.96. The molecule has 0 bridgehead atoms. The maximum atomic E-state index is 13.4. The van der Waals surface area contributed by atoms with Crippen molar-refractivity contribution >= 4 is 33.4 Å². The highest BCUT2D eigenvalue weighted by Gasteiger charge is 2.18. The quantitative estimate of drug-likeness (QED) is 0.429. The minimum atomic E-state index is -0.164. The Morgan fingerprint density at radius 3 is 2.55 bits per heavy atom. The van der Waals surface area contributed by atoms with Crippen LogP contribution in [0.2, 0.25) is 0 Å². The molecule has 0 aliphatic carbocycles. The normalized spacial score (nSPS) is 11.0. The van der Waals surface area contributed by atoms with Gasteiger partial charge < -0.3 is 9.47 Å². The number of methoxy groups -OCH3 is 2. The number of fused-ring (bicyclic) bond motifs is 1. The molecule has 2 aromatic heterocycles. The van der Waals surface area contributed by atoms with Crippen LogP contribution in [0.15, 0.2) is 57.7 Å². The second-order valence-electron chi connectivity index (χ2n) is 6.21. The fourth-order valence-electron chi connectivity index (χ4n) is 3.08. The molecule has 0 atom stereocenters. The molecule has 0 fully saturated rings. The summed E-state index contributed by atoms with van der Waals surface area (Å²) in [5, 5.41) is 0. The summed E-state index contributed by atoms with van der Waals surface area (Å²) in [7, 11) is 3.21.